The summed E-state index contributed by atoms with van der Waals surface area (Å²) in [5.41, 5.74) is 1.65. The summed E-state index contributed by atoms with van der Waals surface area (Å²) in [6.45, 7) is 2.02. The molecule has 2 heterocycles. The molecule has 0 N–H and O–H groups in total. The highest BCUT2D eigenvalue weighted by atomic mass is 35.5. The maximum absolute atomic E-state index is 13.3. The number of imide groups is 1. The fraction of sp³-hybridized carbons (Fsp3) is 0.200. The highest BCUT2D eigenvalue weighted by Crippen LogP contribution is 2.37. The first-order valence-electron chi connectivity index (χ1n) is 8.63. The van der Waals surface area contributed by atoms with Gasteiger partial charge >= 0.3 is 0 Å². The molecule has 0 bridgehead atoms. The Labute approximate surface area is 177 Å². The van der Waals surface area contributed by atoms with Crippen molar-refractivity contribution in [1.29, 1.82) is 0 Å². The summed E-state index contributed by atoms with van der Waals surface area (Å²) in [4.78, 5) is 29.7. The number of anilines is 1. The standard InChI is InChI=1S/C20H15Cl3N2O3/c21-13-3-1-12(2-4-13)17-18(24-5-7-28-8-6-24)20(27)25(19(17)26)16-10-14(22)9-15(23)11-16/h1-4,9-11H,5-8H2. The Morgan fingerprint density at radius 3 is 2.00 bits per heavy atom. The molecule has 0 radical (unpaired) electrons. The van der Waals surface area contributed by atoms with Crippen molar-refractivity contribution in [3.8, 4) is 0 Å². The van der Waals surface area contributed by atoms with Crippen molar-refractivity contribution in [2.75, 3.05) is 31.2 Å². The highest BCUT2D eigenvalue weighted by molar-refractivity contribution is 6.46. The molecule has 2 aromatic rings. The number of benzene rings is 2. The number of morpholine rings is 1. The zero-order valence-corrected chi connectivity index (χ0v) is 16.9. The van der Waals surface area contributed by atoms with E-state index in [2.05, 4.69) is 0 Å². The van der Waals surface area contributed by atoms with Crippen molar-refractivity contribution in [3.05, 3.63) is 68.8 Å². The van der Waals surface area contributed by atoms with Gasteiger partial charge in [-0.3, -0.25) is 9.59 Å². The molecule has 2 aliphatic rings. The predicted molar refractivity (Wildman–Crippen MR) is 110 cm³/mol. The molecule has 2 aliphatic heterocycles. The van der Waals surface area contributed by atoms with E-state index in [4.69, 9.17) is 39.5 Å². The molecule has 0 aliphatic carbocycles. The van der Waals surface area contributed by atoms with E-state index in [1.807, 2.05) is 4.90 Å². The fourth-order valence-corrected chi connectivity index (χ4v) is 4.02. The van der Waals surface area contributed by atoms with Gasteiger partial charge in [-0.25, -0.2) is 4.90 Å². The first kappa shape index (κ1) is 19.3. The van der Waals surface area contributed by atoms with Crippen LogP contribution >= 0.6 is 34.8 Å². The quantitative estimate of drug-likeness (QED) is 0.673. The number of nitrogens with zero attached hydrogens (tertiary/aromatic N) is 2. The Balaban J connectivity index is 1.84. The molecule has 0 atom stereocenters. The molecule has 0 spiro atoms. The zero-order valence-electron chi connectivity index (χ0n) is 14.6. The van der Waals surface area contributed by atoms with Gasteiger partial charge in [-0.1, -0.05) is 46.9 Å². The molecule has 8 heteroatoms. The summed E-state index contributed by atoms with van der Waals surface area (Å²) in [6.07, 6.45) is 0. The van der Waals surface area contributed by atoms with Crippen LogP contribution in [-0.4, -0.2) is 43.0 Å². The van der Waals surface area contributed by atoms with E-state index < -0.39 is 11.8 Å². The van der Waals surface area contributed by atoms with Crippen LogP contribution in [0.25, 0.3) is 5.57 Å². The van der Waals surface area contributed by atoms with Crippen LogP contribution < -0.4 is 4.90 Å². The third-order valence-corrected chi connectivity index (χ3v) is 5.31. The minimum atomic E-state index is -0.424. The number of carbonyl (C=O) groups is 2. The molecular formula is C20H15Cl3N2O3. The van der Waals surface area contributed by atoms with Crippen LogP contribution in [0.4, 0.5) is 5.69 Å². The lowest BCUT2D eigenvalue weighted by Gasteiger charge is -2.29. The van der Waals surface area contributed by atoms with Crippen LogP contribution in [0.15, 0.2) is 48.2 Å². The third-order valence-electron chi connectivity index (χ3n) is 4.63. The maximum Gasteiger partial charge on any atom is 0.282 e. The largest absolute Gasteiger partial charge is 0.378 e. The normalized spacial score (nSPS) is 17.7. The van der Waals surface area contributed by atoms with Crippen LogP contribution in [0.2, 0.25) is 15.1 Å². The van der Waals surface area contributed by atoms with Gasteiger partial charge in [-0.15, -0.1) is 0 Å². The molecule has 28 heavy (non-hydrogen) atoms. The number of hydrogen-bond acceptors (Lipinski definition) is 4. The number of hydrogen-bond donors (Lipinski definition) is 0. The average molecular weight is 438 g/mol. The van der Waals surface area contributed by atoms with E-state index in [-0.39, 0.29) is 0 Å². The molecule has 0 aromatic heterocycles. The monoisotopic (exact) mass is 436 g/mol. The van der Waals surface area contributed by atoms with Crippen LogP contribution in [0, 0.1) is 0 Å². The molecule has 0 unspecified atom stereocenters. The van der Waals surface area contributed by atoms with Gasteiger partial charge in [0.1, 0.15) is 5.70 Å². The molecule has 4 rings (SSSR count). The van der Waals surface area contributed by atoms with Crippen LogP contribution in [0.5, 0.6) is 0 Å². The molecule has 2 amide bonds. The molecule has 2 aromatic carbocycles. The summed E-state index contributed by atoms with van der Waals surface area (Å²) in [7, 11) is 0. The second kappa shape index (κ2) is 7.76. The molecular weight excluding hydrogens is 423 g/mol. The number of carbonyl (C=O) groups excluding carboxylic acids is 2. The summed E-state index contributed by atoms with van der Waals surface area (Å²) in [6, 6.07) is 11.5. The molecule has 1 fully saturated rings. The van der Waals surface area contributed by atoms with E-state index in [9.17, 15) is 9.59 Å². The Kier molecular flexibility index (Phi) is 5.34. The summed E-state index contributed by atoms with van der Waals surface area (Å²) in [5.74, 6) is -0.831. The number of halogens is 3. The lowest BCUT2D eigenvalue weighted by atomic mass is 10.0. The van der Waals surface area contributed by atoms with E-state index in [1.165, 1.54) is 0 Å². The summed E-state index contributed by atoms with van der Waals surface area (Å²) >= 11 is 18.2. The molecule has 144 valence electrons. The van der Waals surface area contributed by atoms with Gasteiger partial charge in [-0.05, 0) is 35.9 Å². The Morgan fingerprint density at radius 2 is 1.39 bits per heavy atom. The Bertz CT molecular complexity index is 962. The van der Waals surface area contributed by atoms with Gasteiger partial charge in [0.05, 0.1) is 24.5 Å². The third kappa shape index (κ3) is 3.51. The van der Waals surface area contributed by atoms with Crippen LogP contribution in [-0.2, 0) is 14.3 Å². The SMILES string of the molecule is O=C1C(c2ccc(Cl)cc2)=C(N2CCOCC2)C(=O)N1c1cc(Cl)cc(Cl)c1. The predicted octanol–water partition coefficient (Wildman–Crippen LogP) is 4.26. The van der Waals surface area contributed by atoms with Gasteiger partial charge in [0, 0.05) is 28.2 Å². The first-order chi connectivity index (χ1) is 13.5. The maximum atomic E-state index is 13.3. The number of amides is 2. The Morgan fingerprint density at radius 1 is 0.786 bits per heavy atom. The van der Waals surface area contributed by atoms with Crippen molar-refractivity contribution < 1.29 is 14.3 Å². The Hall–Kier alpha value is -2.05. The fourth-order valence-electron chi connectivity index (χ4n) is 3.38. The molecule has 5 nitrogen and oxygen atoms in total. The smallest absolute Gasteiger partial charge is 0.282 e. The topological polar surface area (TPSA) is 49.9 Å². The van der Waals surface area contributed by atoms with Gasteiger partial charge < -0.3 is 9.64 Å². The van der Waals surface area contributed by atoms with E-state index in [0.717, 1.165) is 4.90 Å². The molecule has 1 saturated heterocycles. The lowest BCUT2D eigenvalue weighted by molar-refractivity contribution is -0.121. The highest BCUT2D eigenvalue weighted by Gasteiger charge is 2.42. The second-order valence-corrected chi connectivity index (χ2v) is 7.71. The van der Waals surface area contributed by atoms with Crippen molar-refractivity contribution >= 4 is 57.9 Å². The zero-order chi connectivity index (χ0) is 19.8. The molecule has 0 saturated carbocycles. The van der Waals surface area contributed by atoms with Gasteiger partial charge in [-0.2, -0.15) is 0 Å². The second-order valence-electron chi connectivity index (χ2n) is 6.40. The van der Waals surface area contributed by atoms with Crippen LogP contribution in [0.1, 0.15) is 5.56 Å². The first-order valence-corrected chi connectivity index (χ1v) is 9.77. The summed E-state index contributed by atoms with van der Waals surface area (Å²) < 4.78 is 5.39. The van der Waals surface area contributed by atoms with Crippen molar-refractivity contribution in [2.45, 2.75) is 0 Å². The van der Waals surface area contributed by atoms with Gasteiger partial charge in [0.25, 0.3) is 11.8 Å². The van der Waals surface area contributed by atoms with Gasteiger partial charge in [0.2, 0.25) is 0 Å². The van der Waals surface area contributed by atoms with Crippen LogP contribution in [0.3, 0.4) is 0 Å². The lowest BCUT2D eigenvalue weighted by Crippen LogP contribution is -2.40. The minimum absolute atomic E-state index is 0.333. The average Bonchev–Trinajstić information content (AvgIpc) is 2.93. The van der Waals surface area contributed by atoms with Gasteiger partial charge in [0.15, 0.2) is 0 Å². The number of ether oxygens (including phenoxy) is 1. The van der Waals surface area contributed by atoms with E-state index in [0.29, 0.717) is 63.9 Å². The van der Waals surface area contributed by atoms with E-state index >= 15 is 0 Å². The van der Waals surface area contributed by atoms with E-state index in [1.54, 1.807) is 42.5 Å². The summed E-state index contributed by atoms with van der Waals surface area (Å²) in [5, 5.41) is 1.24. The minimum Gasteiger partial charge on any atom is -0.378 e. The number of rotatable bonds is 3. The van der Waals surface area contributed by atoms with Crippen molar-refractivity contribution in [2.24, 2.45) is 0 Å². The van der Waals surface area contributed by atoms with Crippen molar-refractivity contribution in [1.82, 2.24) is 4.90 Å². The van der Waals surface area contributed by atoms with Crippen molar-refractivity contribution in [3.63, 3.8) is 0 Å².